The van der Waals surface area contributed by atoms with Crippen molar-refractivity contribution in [2.75, 3.05) is 30.0 Å². The van der Waals surface area contributed by atoms with Gasteiger partial charge in [0.2, 0.25) is 5.91 Å². The molecule has 1 aliphatic rings. The van der Waals surface area contributed by atoms with Crippen molar-refractivity contribution in [1.29, 1.82) is 0 Å². The van der Waals surface area contributed by atoms with Crippen LogP contribution in [0.25, 0.3) is 0 Å². The van der Waals surface area contributed by atoms with Crippen LogP contribution >= 0.6 is 15.9 Å². The highest BCUT2D eigenvalue weighted by atomic mass is 79.9. The fourth-order valence-electron chi connectivity index (χ4n) is 3.54. The minimum Gasteiger partial charge on any atom is -0.494 e. The van der Waals surface area contributed by atoms with Crippen LogP contribution in [0.3, 0.4) is 0 Å². The van der Waals surface area contributed by atoms with Gasteiger partial charge in [-0.25, -0.2) is 0 Å². The fraction of sp³-hybridized carbons (Fsp3) is 0.348. The Bertz CT molecular complexity index is 967. The van der Waals surface area contributed by atoms with Crippen LogP contribution in [0.15, 0.2) is 40.9 Å². The van der Waals surface area contributed by atoms with Crippen molar-refractivity contribution in [2.45, 2.75) is 27.2 Å². The largest absolute Gasteiger partial charge is 0.494 e. The lowest BCUT2D eigenvalue weighted by molar-refractivity contribution is -0.151. The summed E-state index contributed by atoms with van der Waals surface area (Å²) < 4.78 is 11.5. The molecule has 1 unspecified atom stereocenters. The Labute approximate surface area is 189 Å². The quantitative estimate of drug-likeness (QED) is 0.595. The molecule has 0 bridgehead atoms. The van der Waals surface area contributed by atoms with Gasteiger partial charge in [-0.05, 0) is 68.3 Å². The molecule has 2 aromatic carbocycles. The van der Waals surface area contributed by atoms with Crippen LogP contribution in [0.4, 0.5) is 11.4 Å². The Balaban J connectivity index is 1.54. The molecule has 0 aliphatic carbocycles. The lowest BCUT2D eigenvalue weighted by Crippen LogP contribution is -2.28. The summed E-state index contributed by atoms with van der Waals surface area (Å²) in [6.07, 6.45) is 0.0542. The van der Waals surface area contributed by atoms with Crippen LogP contribution in [-0.4, -0.2) is 37.5 Å². The van der Waals surface area contributed by atoms with Crippen molar-refractivity contribution in [3.63, 3.8) is 0 Å². The Morgan fingerprint density at radius 1 is 1.16 bits per heavy atom. The highest BCUT2D eigenvalue weighted by Gasteiger charge is 2.36. The second-order valence-corrected chi connectivity index (χ2v) is 8.32. The smallest absolute Gasteiger partial charge is 0.311 e. The number of nitrogens with one attached hydrogen (secondary N) is 1. The van der Waals surface area contributed by atoms with Crippen LogP contribution < -0.4 is 15.0 Å². The number of aryl methyl sites for hydroxylation is 2. The van der Waals surface area contributed by atoms with Crippen molar-refractivity contribution in [3.8, 4) is 5.75 Å². The zero-order chi connectivity index (χ0) is 22.5. The molecule has 164 valence electrons. The molecule has 8 heteroatoms. The standard InChI is InChI=1S/C23H25BrN2O5/c1-4-30-19-7-5-18(6-8-19)26-12-16(11-21(26)28)23(29)31-13-20(27)25-22-14(2)9-17(24)10-15(22)3/h5-10,16H,4,11-13H2,1-3H3,(H,25,27). The van der Waals surface area contributed by atoms with E-state index in [0.29, 0.717) is 18.0 Å². The van der Waals surface area contributed by atoms with Gasteiger partial charge in [-0.3, -0.25) is 14.4 Å². The zero-order valence-corrected chi connectivity index (χ0v) is 19.3. The Kier molecular flexibility index (Phi) is 7.33. The number of amides is 2. The van der Waals surface area contributed by atoms with Crippen molar-refractivity contribution < 1.29 is 23.9 Å². The zero-order valence-electron chi connectivity index (χ0n) is 17.7. The number of hydrogen-bond donors (Lipinski definition) is 1. The molecule has 1 aliphatic heterocycles. The summed E-state index contributed by atoms with van der Waals surface area (Å²) in [6.45, 7) is 6.05. The topological polar surface area (TPSA) is 84.9 Å². The summed E-state index contributed by atoms with van der Waals surface area (Å²) in [5.41, 5.74) is 3.20. The number of carbonyl (C=O) groups is 3. The van der Waals surface area contributed by atoms with Crippen LogP contribution in [0, 0.1) is 19.8 Å². The average Bonchev–Trinajstić information content (AvgIpc) is 3.11. The summed E-state index contributed by atoms with van der Waals surface area (Å²) in [5.74, 6) is -1.02. The van der Waals surface area contributed by atoms with Gasteiger partial charge in [-0.2, -0.15) is 0 Å². The molecule has 3 rings (SSSR count). The van der Waals surface area contributed by atoms with Gasteiger partial charge in [0.15, 0.2) is 6.61 Å². The molecule has 0 aromatic heterocycles. The van der Waals surface area contributed by atoms with Crippen LogP contribution in [0.5, 0.6) is 5.75 Å². The maximum atomic E-state index is 12.4. The molecule has 0 radical (unpaired) electrons. The number of halogens is 1. The Morgan fingerprint density at radius 2 is 1.81 bits per heavy atom. The highest BCUT2D eigenvalue weighted by Crippen LogP contribution is 2.28. The van der Waals surface area contributed by atoms with Gasteiger partial charge in [0.05, 0.1) is 12.5 Å². The van der Waals surface area contributed by atoms with E-state index in [9.17, 15) is 14.4 Å². The Hall–Kier alpha value is -2.87. The molecule has 2 aromatic rings. The number of nitrogens with zero attached hydrogens (tertiary/aromatic N) is 1. The summed E-state index contributed by atoms with van der Waals surface area (Å²) in [4.78, 5) is 38.6. The van der Waals surface area contributed by atoms with Gasteiger partial charge >= 0.3 is 5.97 Å². The minimum absolute atomic E-state index is 0.0542. The van der Waals surface area contributed by atoms with Crippen molar-refractivity contribution >= 4 is 45.1 Å². The molecule has 1 saturated heterocycles. The maximum absolute atomic E-state index is 12.4. The van der Waals surface area contributed by atoms with Crippen molar-refractivity contribution in [3.05, 3.63) is 52.0 Å². The van der Waals surface area contributed by atoms with Gasteiger partial charge in [-0.1, -0.05) is 15.9 Å². The lowest BCUT2D eigenvalue weighted by atomic mass is 10.1. The van der Waals surface area contributed by atoms with Gasteiger partial charge < -0.3 is 19.7 Å². The first-order valence-electron chi connectivity index (χ1n) is 10.0. The van der Waals surface area contributed by atoms with Crippen LogP contribution in [0.2, 0.25) is 0 Å². The fourth-order valence-corrected chi connectivity index (χ4v) is 4.23. The number of anilines is 2. The Morgan fingerprint density at radius 3 is 2.42 bits per heavy atom. The highest BCUT2D eigenvalue weighted by molar-refractivity contribution is 9.10. The average molecular weight is 489 g/mol. The number of benzene rings is 2. The molecule has 7 nitrogen and oxygen atoms in total. The van der Waals surface area contributed by atoms with Gasteiger partial charge in [0.1, 0.15) is 5.75 Å². The monoisotopic (exact) mass is 488 g/mol. The number of esters is 1. The van der Waals surface area contributed by atoms with E-state index in [2.05, 4.69) is 21.2 Å². The first kappa shape index (κ1) is 22.8. The van der Waals surface area contributed by atoms with Gasteiger partial charge in [0, 0.05) is 28.8 Å². The van der Waals surface area contributed by atoms with E-state index in [1.165, 1.54) is 0 Å². The number of ether oxygens (including phenoxy) is 2. The lowest BCUT2D eigenvalue weighted by Gasteiger charge is -2.17. The first-order valence-corrected chi connectivity index (χ1v) is 10.8. The van der Waals surface area contributed by atoms with Crippen molar-refractivity contribution in [1.82, 2.24) is 0 Å². The normalized spacial score (nSPS) is 15.7. The second kappa shape index (κ2) is 9.96. The minimum atomic E-state index is -0.608. The van der Waals surface area contributed by atoms with Crippen LogP contribution in [0.1, 0.15) is 24.5 Å². The maximum Gasteiger partial charge on any atom is 0.311 e. The third-order valence-corrected chi connectivity index (χ3v) is 5.48. The summed E-state index contributed by atoms with van der Waals surface area (Å²) >= 11 is 3.42. The van der Waals surface area contributed by atoms with E-state index in [-0.39, 0.29) is 18.9 Å². The molecule has 0 spiro atoms. The van der Waals surface area contributed by atoms with E-state index in [1.54, 1.807) is 29.2 Å². The third kappa shape index (κ3) is 5.64. The molecule has 31 heavy (non-hydrogen) atoms. The van der Waals surface area contributed by atoms with Crippen LogP contribution in [-0.2, 0) is 19.1 Å². The van der Waals surface area contributed by atoms with Gasteiger partial charge in [-0.15, -0.1) is 0 Å². The molecule has 2 amide bonds. The van der Waals surface area contributed by atoms with E-state index in [1.807, 2.05) is 32.9 Å². The number of carbonyl (C=O) groups excluding carboxylic acids is 3. The predicted molar refractivity (Wildman–Crippen MR) is 121 cm³/mol. The predicted octanol–water partition coefficient (Wildman–Crippen LogP) is 4.00. The summed E-state index contributed by atoms with van der Waals surface area (Å²) in [6, 6.07) is 10.9. The van der Waals surface area contributed by atoms with E-state index in [4.69, 9.17) is 9.47 Å². The second-order valence-electron chi connectivity index (χ2n) is 7.40. The third-order valence-electron chi connectivity index (χ3n) is 5.03. The first-order chi connectivity index (χ1) is 14.8. The molecular weight excluding hydrogens is 464 g/mol. The molecule has 0 saturated carbocycles. The van der Waals surface area contributed by atoms with Crippen molar-refractivity contribution in [2.24, 2.45) is 5.92 Å². The van der Waals surface area contributed by atoms with E-state index in [0.717, 1.165) is 21.3 Å². The molecular formula is C23H25BrN2O5. The molecule has 1 heterocycles. The number of rotatable bonds is 7. The van der Waals surface area contributed by atoms with E-state index >= 15 is 0 Å². The van der Waals surface area contributed by atoms with E-state index < -0.39 is 24.4 Å². The molecule has 1 N–H and O–H groups in total. The molecule has 1 fully saturated rings. The SMILES string of the molecule is CCOc1ccc(N2CC(C(=O)OCC(=O)Nc3c(C)cc(Br)cc3C)CC2=O)cc1. The molecule has 1 atom stereocenters. The summed E-state index contributed by atoms with van der Waals surface area (Å²) in [5, 5.41) is 2.78. The van der Waals surface area contributed by atoms with Gasteiger partial charge in [0.25, 0.3) is 5.91 Å². The summed E-state index contributed by atoms with van der Waals surface area (Å²) in [7, 11) is 0. The number of hydrogen-bond acceptors (Lipinski definition) is 5.